The van der Waals surface area contributed by atoms with Crippen LogP contribution in [0.5, 0.6) is 5.75 Å². The third kappa shape index (κ3) is 4.85. The smallest absolute Gasteiger partial charge is 0.276 e. The zero-order valence-corrected chi connectivity index (χ0v) is 15.4. The summed E-state index contributed by atoms with van der Waals surface area (Å²) in [6, 6.07) is 11.3. The molecule has 0 saturated carbocycles. The van der Waals surface area contributed by atoms with Gasteiger partial charge in [-0.3, -0.25) is 4.79 Å². The lowest BCUT2D eigenvalue weighted by Crippen LogP contribution is -2.40. The van der Waals surface area contributed by atoms with Crippen LogP contribution in [0.15, 0.2) is 40.9 Å². The maximum absolute atomic E-state index is 12.9. The number of carbonyl (C=O) groups excluding carboxylic acids is 1. The van der Waals surface area contributed by atoms with Gasteiger partial charge in [-0.2, -0.15) is 0 Å². The van der Waals surface area contributed by atoms with Crippen molar-refractivity contribution < 1.29 is 18.8 Å². The highest BCUT2D eigenvalue weighted by atomic mass is 16.5. The Morgan fingerprint density at radius 3 is 2.81 bits per heavy atom. The second-order valence-electron chi connectivity index (χ2n) is 6.82. The number of hydrogen-bond acceptors (Lipinski definition) is 5. The fourth-order valence-corrected chi connectivity index (χ4v) is 2.92. The summed E-state index contributed by atoms with van der Waals surface area (Å²) in [5.41, 5.74) is 0.339. The minimum Gasteiger partial charge on any atom is -0.492 e. The van der Waals surface area contributed by atoms with E-state index in [1.165, 1.54) is 0 Å². The molecule has 6 heteroatoms. The highest BCUT2D eigenvalue weighted by molar-refractivity contribution is 5.92. The van der Waals surface area contributed by atoms with Crippen molar-refractivity contribution in [1.82, 2.24) is 10.1 Å². The Hall–Kier alpha value is -2.34. The Balaban J connectivity index is 1.64. The molecule has 0 bridgehead atoms. The van der Waals surface area contributed by atoms with Gasteiger partial charge >= 0.3 is 0 Å². The molecule has 1 unspecified atom stereocenters. The van der Waals surface area contributed by atoms with Crippen molar-refractivity contribution in [2.75, 3.05) is 26.3 Å². The van der Waals surface area contributed by atoms with Crippen molar-refractivity contribution in [3.05, 3.63) is 47.9 Å². The second kappa shape index (κ2) is 8.85. The van der Waals surface area contributed by atoms with Crippen molar-refractivity contribution >= 4 is 5.91 Å². The molecule has 2 heterocycles. The highest BCUT2D eigenvalue weighted by Crippen LogP contribution is 2.18. The third-order valence-corrected chi connectivity index (χ3v) is 4.42. The molecule has 3 rings (SSSR count). The lowest BCUT2D eigenvalue weighted by atomic mass is 10.1. The van der Waals surface area contributed by atoms with E-state index >= 15 is 0 Å². The fourth-order valence-electron chi connectivity index (χ4n) is 2.92. The number of aromatic nitrogens is 1. The summed E-state index contributed by atoms with van der Waals surface area (Å²) in [5, 5.41) is 3.95. The first-order valence-electron chi connectivity index (χ1n) is 9.19. The van der Waals surface area contributed by atoms with Crippen LogP contribution in [0.4, 0.5) is 0 Å². The van der Waals surface area contributed by atoms with E-state index in [4.69, 9.17) is 14.0 Å². The molecule has 0 N–H and O–H groups in total. The maximum atomic E-state index is 12.9. The summed E-state index contributed by atoms with van der Waals surface area (Å²) >= 11 is 0. The van der Waals surface area contributed by atoms with E-state index in [0.717, 1.165) is 25.2 Å². The molecule has 26 heavy (non-hydrogen) atoms. The molecule has 0 spiro atoms. The molecule has 1 aliphatic heterocycles. The quantitative estimate of drug-likeness (QED) is 0.723. The molecule has 6 nitrogen and oxygen atoms in total. The third-order valence-electron chi connectivity index (χ3n) is 4.42. The van der Waals surface area contributed by atoms with Gasteiger partial charge in [0.25, 0.3) is 5.91 Å². The molecule has 1 fully saturated rings. The van der Waals surface area contributed by atoms with Gasteiger partial charge in [-0.1, -0.05) is 37.2 Å². The van der Waals surface area contributed by atoms with Gasteiger partial charge in [-0.05, 0) is 25.0 Å². The van der Waals surface area contributed by atoms with Crippen molar-refractivity contribution in [2.45, 2.75) is 38.7 Å². The first-order chi connectivity index (χ1) is 12.6. The largest absolute Gasteiger partial charge is 0.492 e. The average Bonchev–Trinajstić information content (AvgIpc) is 3.33. The Morgan fingerprint density at radius 1 is 1.35 bits per heavy atom. The zero-order valence-electron chi connectivity index (χ0n) is 15.4. The number of rotatable bonds is 8. The summed E-state index contributed by atoms with van der Waals surface area (Å²) in [6.07, 6.45) is 2.08. The SMILES string of the molecule is CC(C)c1cc(C(=O)N(CCOc2ccccc2)CC2CCCO2)no1. The molecule has 1 saturated heterocycles. The lowest BCUT2D eigenvalue weighted by Gasteiger charge is -2.24. The molecule has 2 aromatic rings. The monoisotopic (exact) mass is 358 g/mol. The molecule has 0 radical (unpaired) electrons. The number of amides is 1. The van der Waals surface area contributed by atoms with Crippen LogP contribution in [0, 0.1) is 0 Å². The van der Waals surface area contributed by atoms with Gasteiger partial charge in [-0.25, -0.2) is 0 Å². The minimum atomic E-state index is -0.146. The zero-order chi connectivity index (χ0) is 18.4. The van der Waals surface area contributed by atoms with Crippen LogP contribution >= 0.6 is 0 Å². The van der Waals surface area contributed by atoms with Crippen LogP contribution in [0.2, 0.25) is 0 Å². The first kappa shape index (κ1) is 18.5. The molecule has 0 aliphatic carbocycles. The molecular formula is C20H26N2O4. The number of hydrogen-bond donors (Lipinski definition) is 0. The number of nitrogens with zero attached hydrogens (tertiary/aromatic N) is 2. The molecule has 1 aromatic carbocycles. The van der Waals surface area contributed by atoms with Gasteiger partial charge in [0, 0.05) is 25.1 Å². The summed E-state index contributed by atoms with van der Waals surface area (Å²) in [4.78, 5) is 14.7. The normalized spacial score (nSPS) is 16.8. The van der Waals surface area contributed by atoms with Crippen LogP contribution in [0.3, 0.4) is 0 Å². The van der Waals surface area contributed by atoms with Crippen LogP contribution in [0.1, 0.15) is 48.9 Å². The van der Waals surface area contributed by atoms with Crippen LogP contribution in [-0.4, -0.2) is 48.4 Å². The number of benzene rings is 1. The summed E-state index contributed by atoms with van der Waals surface area (Å²) < 4.78 is 16.7. The lowest BCUT2D eigenvalue weighted by molar-refractivity contribution is 0.0486. The Morgan fingerprint density at radius 2 is 2.15 bits per heavy atom. The summed E-state index contributed by atoms with van der Waals surface area (Å²) in [5.74, 6) is 1.55. The number of carbonyl (C=O) groups is 1. The topological polar surface area (TPSA) is 64.8 Å². The van der Waals surface area contributed by atoms with Gasteiger partial charge in [0.1, 0.15) is 18.1 Å². The molecule has 1 aliphatic rings. The van der Waals surface area contributed by atoms with Gasteiger partial charge < -0.3 is 18.9 Å². The van der Waals surface area contributed by atoms with Gasteiger partial charge in [0.2, 0.25) is 0 Å². The van der Waals surface area contributed by atoms with E-state index in [-0.39, 0.29) is 17.9 Å². The predicted octanol–water partition coefficient (Wildman–Crippen LogP) is 3.50. The molecule has 1 aromatic heterocycles. The summed E-state index contributed by atoms with van der Waals surface area (Å²) in [7, 11) is 0. The minimum absolute atomic E-state index is 0.0761. The van der Waals surface area contributed by atoms with Crippen molar-refractivity contribution in [3.8, 4) is 5.75 Å². The van der Waals surface area contributed by atoms with Gasteiger partial charge in [-0.15, -0.1) is 0 Å². The Bertz CT molecular complexity index is 693. The fraction of sp³-hybridized carbons (Fsp3) is 0.500. The summed E-state index contributed by atoms with van der Waals surface area (Å²) in [6.45, 7) is 6.20. The second-order valence-corrected chi connectivity index (χ2v) is 6.82. The van der Waals surface area contributed by atoms with Gasteiger partial charge in [0.15, 0.2) is 5.69 Å². The molecule has 140 valence electrons. The number of ether oxygens (including phenoxy) is 2. The van der Waals surface area contributed by atoms with Crippen molar-refractivity contribution in [3.63, 3.8) is 0 Å². The molecule has 1 atom stereocenters. The Labute approximate surface area is 154 Å². The molecule has 1 amide bonds. The van der Waals surface area contributed by atoms with Crippen molar-refractivity contribution in [2.24, 2.45) is 0 Å². The predicted molar refractivity (Wildman–Crippen MR) is 97.4 cm³/mol. The first-order valence-corrected chi connectivity index (χ1v) is 9.19. The van der Waals surface area contributed by atoms with Crippen LogP contribution in [0.25, 0.3) is 0 Å². The Kier molecular flexibility index (Phi) is 6.28. The highest BCUT2D eigenvalue weighted by Gasteiger charge is 2.25. The van der Waals surface area contributed by atoms with Gasteiger partial charge in [0.05, 0.1) is 12.6 Å². The van der Waals surface area contributed by atoms with E-state index in [9.17, 15) is 4.79 Å². The number of para-hydroxylation sites is 1. The van der Waals surface area contributed by atoms with E-state index in [1.807, 2.05) is 44.2 Å². The standard InChI is InChI=1S/C20H26N2O4/c1-15(2)19-13-18(21-26-19)20(23)22(14-17-9-6-11-24-17)10-12-25-16-7-4-3-5-8-16/h3-5,7-8,13,15,17H,6,9-12,14H2,1-2H3. The average molecular weight is 358 g/mol. The van der Waals surface area contributed by atoms with E-state index in [0.29, 0.717) is 31.2 Å². The molecular weight excluding hydrogens is 332 g/mol. The van der Waals surface area contributed by atoms with E-state index in [1.54, 1.807) is 11.0 Å². The van der Waals surface area contributed by atoms with Crippen LogP contribution < -0.4 is 4.74 Å². The van der Waals surface area contributed by atoms with E-state index in [2.05, 4.69) is 5.16 Å². The van der Waals surface area contributed by atoms with Crippen molar-refractivity contribution in [1.29, 1.82) is 0 Å². The van der Waals surface area contributed by atoms with Crippen LogP contribution in [-0.2, 0) is 4.74 Å². The maximum Gasteiger partial charge on any atom is 0.276 e. The van der Waals surface area contributed by atoms with E-state index < -0.39 is 0 Å².